The fraction of sp³-hybridized carbons (Fsp3) is 0.500. The van der Waals surface area contributed by atoms with E-state index in [0.717, 1.165) is 18.4 Å². The number of carbonyl (C=O) groups is 3. The summed E-state index contributed by atoms with van der Waals surface area (Å²) in [6.07, 6.45) is 2.18. The molecule has 6 rings (SSSR count). The summed E-state index contributed by atoms with van der Waals surface area (Å²) in [5, 5.41) is 1.06. The maximum Gasteiger partial charge on any atom is 0.411 e. The van der Waals surface area contributed by atoms with Crippen molar-refractivity contribution in [3.63, 3.8) is 0 Å². The van der Waals surface area contributed by atoms with E-state index in [4.69, 9.17) is 53.8 Å². The number of piperazine rings is 1. The molecule has 1 aliphatic carbocycles. The van der Waals surface area contributed by atoms with Crippen molar-refractivity contribution in [1.82, 2.24) is 19.7 Å². The minimum absolute atomic E-state index is 0.0297. The minimum atomic E-state index is -0.916. The van der Waals surface area contributed by atoms with Crippen molar-refractivity contribution in [2.45, 2.75) is 104 Å². The Labute approximate surface area is 345 Å². The van der Waals surface area contributed by atoms with Gasteiger partial charge < -0.3 is 28.7 Å². The molecule has 302 valence electrons. The van der Waals surface area contributed by atoms with Gasteiger partial charge in [-0.2, -0.15) is 0 Å². The lowest BCUT2D eigenvalue weighted by molar-refractivity contribution is -0.129. The van der Waals surface area contributed by atoms with Gasteiger partial charge in [0.2, 0.25) is 0 Å². The van der Waals surface area contributed by atoms with Crippen molar-refractivity contribution >= 4 is 69.8 Å². The lowest BCUT2D eigenvalue weighted by Gasteiger charge is -2.51. The second-order valence-corrected chi connectivity index (χ2v) is 18.3. The van der Waals surface area contributed by atoms with Crippen LogP contribution in [0.3, 0.4) is 0 Å². The summed E-state index contributed by atoms with van der Waals surface area (Å²) in [7, 11) is 0. The fourth-order valence-electron chi connectivity index (χ4n) is 6.80. The van der Waals surface area contributed by atoms with Crippen LogP contribution in [0.25, 0.3) is 5.57 Å². The Morgan fingerprint density at radius 1 is 0.946 bits per heavy atom. The molecule has 56 heavy (non-hydrogen) atoms. The summed E-state index contributed by atoms with van der Waals surface area (Å²) in [6.45, 7) is 13.0. The monoisotopic (exact) mass is 850 g/mol. The van der Waals surface area contributed by atoms with Gasteiger partial charge in [0.15, 0.2) is 5.75 Å². The summed E-state index contributed by atoms with van der Waals surface area (Å²) in [5.41, 5.74) is 0.734. The molecule has 11 nitrogen and oxygen atoms in total. The van der Waals surface area contributed by atoms with E-state index in [-0.39, 0.29) is 56.2 Å². The first kappa shape index (κ1) is 41.8. The molecule has 0 N–H and O–H groups in total. The molecule has 2 bridgehead atoms. The van der Waals surface area contributed by atoms with E-state index in [0.29, 0.717) is 42.6 Å². The quantitative estimate of drug-likeness (QED) is 0.186. The Bertz CT molecular complexity index is 2000. The van der Waals surface area contributed by atoms with E-state index in [2.05, 4.69) is 4.98 Å². The number of benzene rings is 2. The van der Waals surface area contributed by atoms with E-state index in [1.54, 1.807) is 86.7 Å². The average Bonchev–Trinajstić information content (AvgIpc) is 3.82. The van der Waals surface area contributed by atoms with Crippen LogP contribution in [-0.2, 0) is 20.8 Å². The molecule has 3 aromatic rings. The number of aromatic nitrogens is 1. The lowest BCUT2D eigenvalue weighted by Crippen LogP contribution is -2.66. The Kier molecular flexibility index (Phi) is 12.4. The first-order chi connectivity index (χ1) is 26.3. The van der Waals surface area contributed by atoms with Gasteiger partial charge in [-0.3, -0.25) is 9.69 Å². The van der Waals surface area contributed by atoms with Gasteiger partial charge in [-0.1, -0.05) is 58.3 Å². The Balaban J connectivity index is 1.37. The zero-order chi connectivity index (χ0) is 40.7. The van der Waals surface area contributed by atoms with Crippen LogP contribution in [0.5, 0.6) is 10.9 Å². The summed E-state index contributed by atoms with van der Waals surface area (Å²) in [4.78, 5) is 52.8. The maximum atomic E-state index is 15.2. The Morgan fingerprint density at radius 2 is 1.59 bits per heavy atom. The number of fused-ring (bicyclic) bond motifs is 2. The standard InChI is InChI=1S/C40H46Cl3FN4O7S/c1-22-15-27(41)34(28(42)16-22)52-13-14-53-36-45-18-31(56-36)26-17-25-20-46(37(50)54-39(2,3)4)21-30(48(25)38(51)55-40(5,6)7)32(26)35(49)47(24-11-12-24)19-23-9-8-10-29(44)33(23)43/h8-10,15-16,18,24-25,30H,11-14,17,19-21H2,1-7H3/t25?,30-/m1/s1. The van der Waals surface area contributed by atoms with Crippen LogP contribution in [0, 0.1) is 12.7 Å². The van der Waals surface area contributed by atoms with Crippen LogP contribution in [0.4, 0.5) is 14.0 Å². The van der Waals surface area contributed by atoms with Crippen molar-refractivity contribution in [3.05, 3.63) is 79.0 Å². The second-order valence-electron chi connectivity index (χ2n) is 16.2. The highest BCUT2D eigenvalue weighted by Crippen LogP contribution is 2.44. The minimum Gasteiger partial charge on any atom is -0.487 e. The molecule has 1 unspecified atom stereocenters. The largest absolute Gasteiger partial charge is 0.487 e. The summed E-state index contributed by atoms with van der Waals surface area (Å²) >= 11 is 20.3. The Morgan fingerprint density at radius 3 is 2.23 bits per heavy atom. The van der Waals surface area contributed by atoms with E-state index < -0.39 is 41.3 Å². The first-order valence-corrected chi connectivity index (χ1v) is 20.4. The van der Waals surface area contributed by atoms with Crippen LogP contribution < -0.4 is 9.47 Å². The van der Waals surface area contributed by atoms with Crippen molar-refractivity contribution < 1.29 is 37.7 Å². The van der Waals surface area contributed by atoms with E-state index >= 15 is 4.79 Å². The normalized spacial score (nSPS) is 18.5. The molecule has 2 aromatic carbocycles. The van der Waals surface area contributed by atoms with Gasteiger partial charge in [-0.05, 0) is 103 Å². The van der Waals surface area contributed by atoms with Crippen molar-refractivity contribution in [1.29, 1.82) is 0 Å². The summed E-state index contributed by atoms with van der Waals surface area (Å²) in [6, 6.07) is 6.41. The number of halogens is 4. The number of hydrogen-bond donors (Lipinski definition) is 0. The molecule has 0 spiro atoms. The van der Waals surface area contributed by atoms with E-state index in [1.807, 2.05) is 6.92 Å². The third kappa shape index (κ3) is 9.84. The van der Waals surface area contributed by atoms with E-state index in [1.165, 1.54) is 17.4 Å². The van der Waals surface area contributed by atoms with Crippen molar-refractivity contribution in [3.8, 4) is 10.9 Å². The summed E-state index contributed by atoms with van der Waals surface area (Å²) in [5.74, 6) is -0.585. The second kappa shape index (κ2) is 16.6. The molecule has 2 aliphatic heterocycles. The molecule has 3 heterocycles. The van der Waals surface area contributed by atoms with Gasteiger partial charge in [-0.25, -0.2) is 19.0 Å². The molecule has 16 heteroatoms. The number of rotatable bonds is 10. The number of hydrogen-bond acceptors (Lipinski definition) is 9. The molecule has 3 amide bonds. The molecule has 2 fully saturated rings. The van der Waals surface area contributed by atoms with Crippen molar-refractivity contribution in [2.24, 2.45) is 0 Å². The lowest BCUT2D eigenvalue weighted by atomic mass is 9.83. The van der Waals surface area contributed by atoms with Gasteiger partial charge in [0, 0.05) is 37.4 Å². The number of aryl methyl sites for hydroxylation is 1. The topological polar surface area (TPSA) is 111 Å². The number of carbonyl (C=O) groups excluding carboxylic acids is 3. The third-order valence-corrected chi connectivity index (χ3v) is 11.2. The SMILES string of the molecule is Cc1cc(Cl)c(OCCOc2ncc(C3=C(C(=O)N(Cc4cccc(F)c4Cl)C4CC4)[C@H]4CN(C(=O)OC(C)(C)C)CC(C3)N4C(=O)OC(C)(C)C)s2)c(Cl)c1. The third-order valence-electron chi connectivity index (χ3n) is 9.24. The van der Waals surface area contributed by atoms with Crippen LogP contribution >= 0.6 is 46.1 Å². The highest BCUT2D eigenvalue weighted by molar-refractivity contribution is 7.14. The van der Waals surface area contributed by atoms with Crippen molar-refractivity contribution in [2.75, 3.05) is 26.3 Å². The fourth-order valence-corrected chi connectivity index (χ4v) is 8.55. The molecule has 1 saturated heterocycles. The predicted molar refractivity (Wildman–Crippen MR) is 214 cm³/mol. The van der Waals surface area contributed by atoms with E-state index in [9.17, 15) is 14.0 Å². The highest BCUT2D eigenvalue weighted by atomic mass is 35.5. The number of nitrogens with zero attached hydrogens (tertiary/aromatic N) is 4. The number of ether oxygens (including phenoxy) is 4. The van der Waals surface area contributed by atoms with Gasteiger partial charge in [0.25, 0.3) is 11.1 Å². The molecular formula is C40H46Cl3FN4O7S. The maximum absolute atomic E-state index is 15.2. The zero-order valence-corrected chi connectivity index (χ0v) is 35.5. The van der Waals surface area contributed by atoms with Gasteiger partial charge in [0.05, 0.1) is 32.0 Å². The van der Waals surface area contributed by atoms with Gasteiger partial charge in [-0.15, -0.1) is 0 Å². The summed E-state index contributed by atoms with van der Waals surface area (Å²) < 4.78 is 38.1. The molecule has 3 aliphatic rings. The molecular weight excluding hydrogens is 806 g/mol. The Hall–Kier alpha value is -3.78. The number of amides is 3. The smallest absolute Gasteiger partial charge is 0.411 e. The van der Waals surface area contributed by atoms with Crippen LogP contribution in [0.15, 0.2) is 42.1 Å². The predicted octanol–water partition coefficient (Wildman–Crippen LogP) is 9.58. The number of thiazole rings is 1. The molecule has 0 radical (unpaired) electrons. The van der Waals surface area contributed by atoms with Gasteiger partial charge in [0.1, 0.15) is 30.2 Å². The van der Waals surface area contributed by atoms with Crippen LogP contribution in [0.2, 0.25) is 15.1 Å². The van der Waals surface area contributed by atoms with Crippen LogP contribution in [-0.4, -0.2) is 93.4 Å². The average molecular weight is 852 g/mol. The zero-order valence-electron chi connectivity index (χ0n) is 32.4. The molecule has 1 saturated carbocycles. The van der Waals surface area contributed by atoms with Gasteiger partial charge >= 0.3 is 12.2 Å². The highest BCUT2D eigenvalue weighted by Gasteiger charge is 2.51. The first-order valence-electron chi connectivity index (χ1n) is 18.4. The molecule has 1 aromatic heterocycles. The van der Waals surface area contributed by atoms with Crippen LogP contribution in [0.1, 0.15) is 76.8 Å². The molecule has 2 atom stereocenters.